The average Bonchev–Trinajstić information content (AvgIpc) is 2.86. The quantitative estimate of drug-likeness (QED) is 0.418. The number of hydrogen-bond acceptors (Lipinski definition) is 1. The van der Waals surface area contributed by atoms with Crippen LogP contribution >= 0.6 is 50.5 Å². The number of aryl methyl sites for hydroxylation is 1. The van der Waals surface area contributed by atoms with E-state index >= 15 is 0 Å². The molecule has 0 aliphatic rings. The Morgan fingerprint density at radius 3 is 2.75 bits per heavy atom. The molecule has 3 rings (SSSR count). The molecule has 0 nitrogen and oxygen atoms in total. The van der Waals surface area contributed by atoms with Crippen LogP contribution in [0.1, 0.15) is 22.1 Å². The largest absolute Gasteiger partial charge is 0.142 e. The van der Waals surface area contributed by atoms with Crippen LogP contribution < -0.4 is 0 Å². The third kappa shape index (κ3) is 2.50. The third-order valence-electron chi connectivity index (χ3n) is 3.33. The molecule has 0 fully saturated rings. The molecular formula is C16H11BrCl2S. The molecule has 0 amide bonds. The minimum atomic E-state index is -0.158. The molecule has 0 aliphatic heterocycles. The van der Waals surface area contributed by atoms with Crippen molar-refractivity contribution in [3.8, 4) is 0 Å². The summed E-state index contributed by atoms with van der Waals surface area (Å²) >= 11 is 18.1. The lowest BCUT2D eigenvalue weighted by Gasteiger charge is -2.11. The Kier molecular flexibility index (Phi) is 4.09. The van der Waals surface area contributed by atoms with Crippen molar-refractivity contribution in [3.05, 3.63) is 68.0 Å². The summed E-state index contributed by atoms with van der Waals surface area (Å²) in [4.78, 5) is 0. The van der Waals surface area contributed by atoms with Crippen molar-refractivity contribution in [2.75, 3.05) is 0 Å². The Bertz CT molecular complexity index is 779. The highest BCUT2D eigenvalue weighted by molar-refractivity contribution is 9.10. The summed E-state index contributed by atoms with van der Waals surface area (Å²) in [6.07, 6.45) is 0. The molecule has 4 heteroatoms. The molecule has 0 bridgehead atoms. The number of benzene rings is 2. The number of hydrogen-bond donors (Lipinski definition) is 0. The Morgan fingerprint density at radius 1 is 1.20 bits per heavy atom. The summed E-state index contributed by atoms with van der Waals surface area (Å²) in [7, 11) is 0. The second-order valence-electron chi connectivity index (χ2n) is 4.68. The monoisotopic (exact) mass is 384 g/mol. The lowest BCUT2D eigenvalue weighted by Crippen LogP contribution is -1.93. The highest BCUT2D eigenvalue weighted by Crippen LogP contribution is 2.40. The predicted molar refractivity (Wildman–Crippen MR) is 93.4 cm³/mol. The topological polar surface area (TPSA) is 0 Å². The first-order chi connectivity index (χ1) is 9.58. The van der Waals surface area contributed by atoms with Crippen LogP contribution in [0.25, 0.3) is 10.1 Å². The fraction of sp³-hybridized carbons (Fsp3) is 0.125. The van der Waals surface area contributed by atoms with Gasteiger partial charge in [0.05, 0.1) is 5.38 Å². The van der Waals surface area contributed by atoms with Crippen molar-refractivity contribution in [3.63, 3.8) is 0 Å². The van der Waals surface area contributed by atoms with E-state index in [1.54, 1.807) is 11.3 Å². The van der Waals surface area contributed by atoms with E-state index in [1.807, 2.05) is 25.1 Å². The zero-order chi connectivity index (χ0) is 14.3. The first-order valence-electron chi connectivity index (χ1n) is 6.13. The molecule has 1 aromatic heterocycles. The van der Waals surface area contributed by atoms with Gasteiger partial charge in [-0.05, 0) is 62.4 Å². The van der Waals surface area contributed by atoms with Gasteiger partial charge in [-0.15, -0.1) is 22.9 Å². The molecule has 20 heavy (non-hydrogen) atoms. The average molecular weight is 386 g/mol. The fourth-order valence-corrected chi connectivity index (χ4v) is 4.40. The Labute approximate surface area is 140 Å². The normalized spacial score (nSPS) is 12.8. The molecule has 0 saturated carbocycles. The predicted octanol–water partition coefficient (Wildman–Crippen LogP) is 6.95. The molecule has 2 aromatic carbocycles. The lowest BCUT2D eigenvalue weighted by atomic mass is 10.0. The summed E-state index contributed by atoms with van der Waals surface area (Å²) in [6.45, 7) is 2.00. The van der Waals surface area contributed by atoms with Crippen molar-refractivity contribution in [2.24, 2.45) is 0 Å². The summed E-state index contributed by atoms with van der Waals surface area (Å²) < 4.78 is 2.35. The second-order valence-corrected chi connectivity index (χ2v) is 7.26. The number of thiophene rings is 1. The van der Waals surface area contributed by atoms with Gasteiger partial charge < -0.3 is 0 Å². The first-order valence-corrected chi connectivity index (χ1v) is 8.62. The van der Waals surface area contributed by atoms with Crippen LogP contribution in [0.2, 0.25) is 5.02 Å². The lowest BCUT2D eigenvalue weighted by molar-refractivity contribution is 1.16. The minimum absolute atomic E-state index is 0.158. The summed E-state index contributed by atoms with van der Waals surface area (Å²) in [5, 5.41) is 3.96. The summed E-state index contributed by atoms with van der Waals surface area (Å²) in [5.74, 6) is 0. The number of alkyl halides is 1. The maximum Gasteiger partial charge on any atom is 0.0849 e. The van der Waals surface area contributed by atoms with Gasteiger partial charge in [-0.3, -0.25) is 0 Å². The Hall–Kier alpha value is -0.540. The van der Waals surface area contributed by atoms with Crippen LogP contribution in [-0.2, 0) is 0 Å². The molecule has 0 aliphatic carbocycles. The Balaban J connectivity index is 2.10. The van der Waals surface area contributed by atoms with Gasteiger partial charge in [0.15, 0.2) is 0 Å². The van der Waals surface area contributed by atoms with E-state index in [4.69, 9.17) is 23.2 Å². The maximum absolute atomic E-state index is 6.68. The zero-order valence-corrected chi connectivity index (χ0v) is 14.6. The number of fused-ring (bicyclic) bond motifs is 1. The van der Waals surface area contributed by atoms with E-state index in [0.29, 0.717) is 0 Å². The maximum atomic E-state index is 6.68. The van der Waals surface area contributed by atoms with E-state index in [1.165, 1.54) is 10.1 Å². The summed E-state index contributed by atoms with van der Waals surface area (Å²) in [5.41, 5.74) is 3.28. The van der Waals surface area contributed by atoms with Gasteiger partial charge in [-0.1, -0.05) is 35.9 Å². The molecular weight excluding hydrogens is 375 g/mol. The van der Waals surface area contributed by atoms with Crippen LogP contribution in [0.4, 0.5) is 0 Å². The van der Waals surface area contributed by atoms with Gasteiger partial charge in [-0.2, -0.15) is 0 Å². The van der Waals surface area contributed by atoms with E-state index in [0.717, 1.165) is 26.2 Å². The van der Waals surface area contributed by atoms with Crippen molar-refractivity contribution < 1.29 is 0 Å². The van der Waals surface area contributed by atoms with Crippen molar-refractivity contribution in [1.29, 1.82) is 0 Å². The van der Waals surface area contributed by atoms with Crippen LogP contribution in [-0.4, -0.2) is 0 Å². The molecule has 1 heterocycles. The molecule has 0 radical (unpaired) electrons. The minimum Gasteiger partial charge on any atom is -0.142 e. The standard InChI is InChI=1S/C16H11BrCl2S/c1-9-7-10(5-6-14(9)18)15(19)12-8-20-16-11(12)3-2-4-13(16)17/h2-8,15H,1H3. The highest BCUT2D eigenvalue weighted by Gasteiger charge is 2.17. The van der Waals surface area contributed by atoms with Crippen LogP contribution in [0, 0.1) is 6.92 Å². The number of rotatable bonds is 2. The zero-order valence-electron chi connectivity index (χ0n) is 10.7. The van der Waals surface area contributed by atoms with Crippen molar-refractivity contribution >= 4 is 60.6 Å². The van der Waals surface area contributed by atoms with E-state index in [9.17, 15) is 0 Å². The van der Waals surface area contributed by atoms with Gasteiger partial charge in [0.25, 0.3) is 0 Å². The van der Waals surface area contributed by atoms with Crippen LogP contribution in [0.15, 0.2) is 46.3 Å². The highest BCUT2D eigenvalue weighted by atomic mass is 79.9. The fourth-order valence-electron chi connectivity index (χ4n) is 2.24. The third-order valence-corrected chi connectivity index (χ3v) is 6.21. The summed E-state index contributed by atoms with van der Waals surface area (Å²) in [6, 6.07) is 12.2. The van der Waals surface area contributed by atoms with E-state index in [-0.39, 0.29) is 5.38 Å². The van der Waals surface area contributed by atoms with Crippen molar-refractivity contribution in [2.45, 2.75) is 12.3 Å². The van der Waals surface area contributed by atoms with Gasteiger partial charge in [0.2, 0.25) is 0 Å². The van der Waals surface area contributed by atoms with E-state index < -0.39 is 0 Å². The molecule has 0 N–H and O–H groups in total. The van der Waals surface area contributed by atoms with Crippen LogP contribution in [0.3, 0.4) is 0 Å². The van der Waals surface area contributed by atoms with Gasteiger partial charge in [0, 0.05) is 14.2 Å². The van der Waals surface area contributed by atoms with Gasteiger partial charge in [0.1, 0.15) is 0 Å². The van der Waals surface area contributed by atoms with Gasteiger partial charge >= 0.3 is 0 Å². The smallest absolute Gasteiger partial charge is 0.0849 e. The second kappa shape index (κ2) is 5.69. The van der Waals surface area contributed by atoms with Gasteiger partial charge in [-0.25, -0.2) is 0 Å². The molecule has 0 saturated heterocycles. The van der Waals surface area contributed by atoms with E-state index in [2.05, 4.69) is 39.5 Å². The molecule has 1 unspecified atom stereocenters. The number of halogens is 3. The Morgan fingerprint density at radius 2 is 2.00 bits per heavy atom. The first kappa shape index (κ1) is 14.4. The molecule has 1 atom stereocenters. The molecule has 3 aromatic rings. The van der Waals surface area contributed by atoms with Crippen LogP contribution in [0.5, 0.6) is 0 Å². The molecule has 0 spiro atoms. The van der Waals surface area contributed by atoms with Crippen molar-refractivity contribution in [1.82, 2.24) is 0 Å². The SMILES string of the molecule is Cc1cc(C(Cl)c2csc3c(Br)cccc23)ccc1Cl. The molecule has 102 valence electrons.